The minimum Gasteiger partial charge on any atom is -0.350 e. The molecule has 5 nitrogen and oxygen atoms in total. The number of nitrogens with one attached hydrogen (secondary N) is 1. The first-order valence-corrected chi connectivity index (χ1v) is 6.06. The van der Waals surface area contributed by atoms with Crippen molar-refractivity contribution in [3.63, 3.8) is 0 Å². The number of hydrogen-bond acceptors (Lipinski definition) is 3. The third-order valence-electron chi connectivity index (χ3n) is 3.20. The molecule has 0 fully saturated rings. The third-order valence-corrected chi connectivity index (χ3v) is 3.20. The van der Waals surface area contributed by atoms with Crippen molar-refractivity contribution in [2.45, 2.75) is 19.9 Å². The number of nitrogens with zero attached hydrogens (tertiary/aromatic N) is 3. The molecule has 0 bridgehead atoms. The Hall–Kier alpha value is -2.61. The van der Waals surface area contributed by atoms with E-state index in [4.69, 9.17) is 5.26 Å². The summed E-state index contributed by atoms with van der Waals surface area (Å²) in [5.74, 6) is 0. The van der Waals surface area contributed by atoms with Crippen LogP contribution in [0.1, 0.15) is 12.0 Å². The molecule has 0 saturated heterocycles. The van der Waals surface area contributed by atoms with Crippen molar-refractivity contribution in [3.05, 3.63) is 40.3 Å². The third kappa shape index (κ3) is 1.78. The van der Waals surface area contributed by atoms with Crippen LogP contribution in [0.25, 0.3) is 21.8 Å². The maximum atomic E-state index is 12.2. The molecule has 2 aromatic heterocycles. The highest BCUT2D eigenvalue weighted by Gasteiger charge is 2.10. The molecule has 0 aliphatic heterocycles. The highest BCUT2D eigenvalue weighted by atomic mass is 16.1. The lowest BCUT2D eigenvalue weighted by Crippen LogP contribution is -2.22. The second-order valence-corrected chi connectivity index (χ2v) is 4.54. The van der Waals surface area contributed by atoms with Gasteiger partial charge in [-0.15, -0.1) is 0 Å². The monoisotopic (exact) mass is 252 g/mol. The van der Waals surface area contributed by atoms with Gasteiger partial charge in [-0.25, -0.2) is 4.68 Å². The van der Waals surface area contributed by atoms with Crippen LogP contribution < -0.4 is 5.56 Å². The second kappa shape index (κ2) is 4.25. The number of aromatic amines is 1. The topological polar surface area (TPSA) is 74.5 Å². The van der Waals surface area contributed by atoms with Crippen LogP contribution in [0, 0.1) is 18.3 Å². The van der Waals surface area contributed by atoms with Crippen LogP contribution >= 0.6 is 0 Å². The fraction of sp³-hybridized carbons (Fsp3) is 0.214. The zero-order chi connectivity index (χ0) is 13.4. The Morgan fingerprint density at radius 1 is 1.42 bits per heavy atom. The van der Waals surface area contributed by atoms with E-state index in [2.05, 4.69) is 10.1 Å². The first-order valence-electron chi connectivity index (χ1n) is 6.06. The lowest BCUT2D eigenvalue weighted by atomic mass is 10.1. The molecule has 0 aliphatic carbocycles. The molecule has 1 N–H and O–H groups in total. The SMILES string of the molecule is Cc1ccc2[nH]c3c(=O)n(CCC#N)ncc3c2c1. The smallest absolute Gasteiger partial charge is 0.291 e. The lowest BCUT2D eigenvalue weighted by molar-refractivity contribution is 0.595. The number of fused-ring (bicyclic) bond motifs is 3. The Kier molecular flexibility index (Phi) is 2.57. The van der Waals surface area contributed by atoms with Gasteiger partial charge in [0, 0.05) is 16.3 Å². The van der Waals surface area contributed by atoms with E-state index in [1.54, 1.807) is 6.20 Å². The molecular weight excluding hydrogens is 240 g/mol. The fourth-order valence-corrected chi connectivity index (χ4v) is 2.25. The summed E-state index contributed by atoms with van der Waals surface area (Å²) in [5, 5.41) is 14.5. The van der Waals surface area contributed by atoms with Gasteiger partial charge >= 0.3 is 0 Å². The summed E-state index contributed by atoms with van der Waals surface area (Å²) in [6, 6.07) is 8.01. The van der Waals surface area contributed by atoms with Crippen LogP contribution in [0.2, 0.25) is 0 Å². The summed E-state index contributed by atoms with van der Waals surface area (Å²) in [6.45, 7) is 2.33. The molecule has 0 aliphatic rings. The van der Waals surface area contributed by atoms with E-state index in [-0.39, 0.29) is 12.0 Å². The lowest BCUT2D eigenvalue weighted by Gasteiger charge is -2.00. The van der Waals surface area contributed by atoms with Gasteiger partial charge in [0.25, 0.3) is 5.56 Å². The molecule has 19 heavy (non-hydrogen) atoms. The van der Waals surface area contributed by atoms with Gasteiger partial charge in [0.1, 0.15) is 5.52 Å². The molecule has 0 spiro atoms. The Bertz CT molecular complexity index is 867. The maximum absolute atomic E-state index is 12.2. The number of rotatable bonds is 2. The van der Waals surface area contributed by atoms with E-state index >= 15 is 0 Å². The summed E-state index contributed by atoms with van der Waals surface area (Å²) in [7, 11) is 0. The Morgan fingerprint density at radius 3 is 3.05 bits per heavy atom. The highest BCUT2D eigenvalue weighted by Crippen LogP contribution is 2.23. The average Bonchev–Trinajstić information content (AvgIpc) is 2.77. The zero-order valence-electron chi connectivity index (χ0n) is 10.5. The minimum absolute atomic E-state index is 0.179. The summed E-state index contributed by atoms with van der Waals surface area (Å²) < 4.78 is 1.33. The molecule has 94 valence electrons. The van der Waals surface area contributed by atoms with Crippen LogP contribution in [0.15, 0.2) is 29.2 Å². The van der Waals surface area contributed by atoms with Crippen molar-refractivity contribution in [2.24, 2.45) is 0 Å². The van der Waals surface area contributed by atoms with Crippen LogP contribution in [0.3, 0.4) is 0 Å². The Balaban J connectivity index is 2.30. The number of benzene rings is 1. The van der Waals surface area contributed by atoms with Gasteiger partial charge in [-0.05, 0) is 19.1 Å². The minimum atomic E-state index is -0.179. The van der Waals surface area contributed by atoms with Crippen molar-refractivity contribution in [1.29, 1.82) is 5.26 Å². The predicted molar refractivity (Wildman–Crippen MR) is 72.8 cm³/mol. The van der Waals surface area contributed by atoms with Crippen LogP contribution in [-0.4, -0.2) is 14.8 Å². The van der Waals surface area contributed by atoms with E-state index in [1.807, 2.05) is 31.2 Å². The number of nitriles is 1. The van der Waals surface area contributed by atoms with Gasteiger partial charge in [-0.2, -0.15) is 10.4 Å². The molecule has 0 saturated carbocycles. The molecule has 5 heteroatoms. The summed E-state index contributed by atoms with van der Waals surface area (Å²) in [5.41, 5.74) is 2.44. The number of aromatic nitrogens is 3. The van der Waals surface area contributed by atoms with Gasteiger partial charge in [0.05, 0.1) is 25.2 Å². The highest BCUT2D eigenvalue weighted by molar-refractivity contribution is 6.06. The van der Waals surface area contributed by atoms with Crippen molar-refractivity contribution in [3.8, 4) is 6.07 Å². The molecule has 3 aromatic rings. The Morgan fingerprint density at radius 2 is 2.26 bits per heavy atom. The number of hydrogen-bond donors (Lipinski definition) is 1. The molecule has 0 atom stereocenters. The van der Waals surface area contributed by atoms with Crippen molar-refractivity contribution in [1.82, 2.24) is 14.8 Å². The number of aryl methyl sites for hydroxylation is 2. The van der Waals surface area contributed by atoms with Crippen LogP contribution in [0.4, 0.5) is 0 Å². The first-order chi connectivity index (χ1) is 9.20. The van der Waals surface area contributed by atoms with Gasteiger partial charge < -0.3 is 4.98 Å². The average molecular weight is 252 g/mol. The van der Waals surface area contributed by atoms with E-state index in [1.165, 1.54) is 4.68 Å². The quantitative estimate of drug-likeness (QED) is 0.759. The normalized spacial score (nSPS) is 10.9. The van der Waals surface area contributed by atoms with Crippen LogP contribution in [-0.2, 0) is 6.54 Å². The first kappa shape index (κ1) is 11.5. The molecular formula is C14H12N4O. The van der Waals surface area contributed by atoms with Crippen molar-refractivity contribution in [2.75, 3.05) is 0 Å². The second-order valence-electron chi connectivity index (χ2n) is 4.54. The van der Waals surface area contributed by atoms with Crippen LogP contribution in [0.5, 0.6) is 0 Å². The van der Waals surface area contributed by atoms with E-state index < -0.39 is 0 Å². The Labute approximate surface area is 109 Å². The van der Waals surface area contributed by atoms with Crippen molar-refractivity contribution >= 4 is 21.8 Å². The molecule has 0 unspecified atom stereocenters. The molecule has 1 aromatic carbocycles. The summed E-state index contributed by atoms with van der Waals surface area (Å²) in [4.78, 5) is 15.4. The predicted octanol–water partition coefficient (Wildman–Crippen LogP) is 2.10. The summed E-state index contributed by atoms with van der Waals surface area (Å²) in [6.07, 6.45) is 1.96. The molecule has 3 rings (SSSR count). The maximum Gasteiger partial charge on any atom is 0.291 e. The number of H-pyrrole nitrogens is 1. The molecule has 0 radical (unpaired) electrons. The largest absolute Gasteiger partial charge is 0.350 e. The standard InChI is InChI=1S/C14H12N4O/c1-9-3-4-12-10(7-9)11-8-16-18(6-2-5-15)14(19)13(11)17-12/h3-4,7-8,17H,2,6H2,1H3. The fourth-order valence-electron chi connectivity index (χ4n) is 2.25. The molecule has 2 heterocycles. The van der Waals surface area contributed by atoms with Crippen molar-refractivity contribution < 1.29 is 0 Å². The van der Waals surface area contributed by atoms with Gasteiger partial charge in [0.15, 0.2) is 0 Å². The summed E-state index contributed by atoms with van der Waals surface area (Å²) >= 11 is 0. The van der Waals surface area contributed by atoms with Gasteiger partial charge in [0.2, 0.25) is 0 Å². The van der Waals surface area contributed by atoms with E-state index in [0.29, 0.717) is 12.1 Å². The zero-order valence-corrected chi connectivity index (χ0v) is 10.5. The molecule has 0 amide bonds. The van der Waals surface area contributed by atoms with E-state index in [9.17, 15) is 4.79 Å². The van der Waals surface area contributed by atoms with Gasteiger partial charge in [-0.3, -0.25) is 4.79 Å². The van der Waals surface area contributed by atoms with E-state index in [0.717, 1.165) is 21.9 Å². The van der Waals surface area contributed by atoms with Gasteiger partial charge in [-0.1, -0.05) is 11.6 Å².